The van der Waals surface area contributed by atoms with E-state index in [1.54, 1.807) is 0 Å². The molecular weight excluding hydrogens is 155 g/mol. The van der Waals surface area contributed by atoms with Crippen molar-refractivity contribution in [1.29, 1.82) is 0 Å². The molecule has 0 radical (unpaired) electrons. The van der Waals surface area contributed by atoms with E-state index >= 15 is 0 Å². The summed E-state index contributed by atoms with van der Waals surface area (Å²) in [6.07, 6.45) is 1.68. The molecule has 2 nitrogen and oxygen atoms in total. The molecule has 1 aliphatic heterocycles. The second-order valence-corrected chi connectivity index (χ2v) is 3.90. The Morgan fingerprint density at radius 2 is 2.00 bits per heavy atom. The molecule has 3 heteroatoms. The standard InChI is InChI=1S/C9H17FN2/c10-9(8-1-2-8)7-12-5-3-11-4-6-12/h8-9,11H,1-7H2. The minimum atomic E-state index is -0.553. The fourth-order valence-corrected chi connectivity index (χ4v) is 1.75. The van der Waals surface area contributed by atoms with Crippen LogP contribution in [0.3, 0.4) is 0 Å². The zero-order valence-electron chi connectivity index (χ0n) is 7.43. The molecule has 0 amide bonds. The minimum Gasteiger partial charge on any atom is -0.314 e. The largest absolute Gasteiger partial charge is 0.314 e. The molecule has 1 atom stereocenters. The summed E-state index contributed by atoms with van der Waals surface area (Å²) in [5.41, 5.74) is 0. The average molecular weight is 172 g/mol. The van der Waals surface area contributed by atoms with Crippen LogP contribution in [0.15, 0.2) is 0 Å². The van der Waals surface area contributed by atoms with Crippen LogP contribution < -0.4 is 5.32 Å². The Bertz CT molecular complexity index is 141. The monoisotopic (exact) mass is 172 g/mol. The average Bonchev–Trinajstić information content (AvgIpc) is 2.88. The lowest BCUT2D eigenvalue weighted by atomic mass is 10.2. The zero-order valence-corrected chi connectivity index (χ0v) is 7.43. The molecule has 1 saturated carbocycles. The fourth-order valence-electron chi connectivity index (χ4n) is 1.75. The molecule has 1 saturated heterocycles. The van der Waals surface area contributed by atoms with E-state index < -0.39 is 6.17 Å². The highest BCUT2D eigenvalue weighted by atomic mass is 19.1. The Labute approximate surface area is 73.1 Å². The minimum absolute atomic E-state index is 0.403. The molecule has 1 aliphatic carbocycles. The second-order valence-electron chi connectivity index (χ2n) is 3.90. The third kappa shape index (κ3) is 2.17. The van der Waals surface area contributed by atoms with Gasteiger partial charge in [-0.1, -0.05) is 0 Å². The molecule has 2 fully saturated rings. The zero-order chi connectivity index (χ0) is 8.39. The Balaban J connectivity index is 1.69. The van der Waals surface area contributed by atoms with Gasteiger partial charge in [0, 0.05) is 32.7 Å². The van der Waals surface area contributed by atoms with Crippen molar-refractivity contribution in [1.82, 2.24) is 10.2 Å². The topological polar surface area (TPSA) is 15.3 Å². The number of hydrogen-bond donors (Lipinski definition) is 1. The maximum Gasteiger partial charge on any atom is 0.116 e. The van der Waals surface area contributed by atoms with Crippen LogP contribution in [-0.2, 0) is 0 Å². The van der Waals surface area contributed by atoms with Gasteiger partial charge in [-0.05, 0) is 18.8 Å². The van der Waals surface area contributed by atoms with Crippen LogP contribution in [0.4, 0.5) is 4.39 Å². The molecule has 0 spiro atoms. The molecule has 70 valence electrons. The van der Waals surface area contributed by atoms with Crippen molar-refractivity contribution in [2.24, 2.45) is 5.92 Å². The van der Waals surface area contributed by atoms with Crippen LogP contribution in [0.2, 0.25) is 0 Å². The molecule has 0 aromatic heterocycles. The van der Waals surface area contributed by atoms with Crippen molar-refractivity contribution in [2.75, 3.05) is 32.7 Å². The van der Waals surface area contributed by atoms with Gasteiger partial charge in [0.15, 0.2) is 0 Å². The molecule has 2 rings (SSSR count). The van der Waals surface area contributed by atoms with Crippen LogP contribution in [0.25, 0.3) is 0 Å². The highest BCUT2D eigenvalue weighted by Gasteiger charge is 2.32. The van der Waals surface area contributed by atoms with Crippen LogP contribution in [0, 0.1) is 5.92 Å². The van der Waals surface area contributed by atoms with Crippen molar-refractivity contribution in [3.8, 4) is 0 Å². The first-order chi connectivity index (χ1) is 5.86. The van der Waals surface area contributed by atoms with Gasteiger partial charge in [0.05, 0.1) is 0 Å². The predicted molar refractivity (Wildman–Crippen MR) is 46.9 cm³/mol. The summed E-state index contributed by atoms with van der Waals surface area (Å²) < 4.78 is 13.3. The number of nitrogens with zero attached hydrogens (tertiary/aromatic N) is 1. The third-order valence-electron chi connectivity index (χ3n) is 2.78. The van der Waals surface area contributed by atoms with Crippen LogP contribution in [-0.4, -0.2) is 43.8 Å². The number of nitrogens with one attached hydrogen (secondary N) is 1. The molecule has 2 aliphatic rings. The molecule has 1 unspecified atom stereocenters. The molecule has 0 bridgehead atoms. The molecule has 1 heterocycles. The fraction of sp³-hybridized carbons (Fsp3) is 1.00. The quantitative estimate of drug-likeness (QED) is 0.672. The van der Waals surface area contributed by atoms with Gasteiger partial charge in [-0.2, -0.15) is 0 Å². The smallest absolute Gasteiger partial charge is 0.116 e. The van der Waals surface area contributed by atoms with E-state index in [1.807, 2.05) is 0 Å². The van der Waals surface area contributed by atoms with Crippen LogP contribution >= 0.6 is 0 Å². The summed E-state index contributed by atoms with van der Waals surface area (Å²) in [7, 11) is 0. The maximum atomic E-state index is 13.3. The second kappa shape index (κ2) is 3.71. The first kappa shape index (κ1) is 8.45. The van der Waals surface area contributed by atoms with Crippen molar-refractivity contribution >= 4 is 0 Å². The Kier molecular flexibility index (Phi) is 2.61. The molecule has 12 heavy (non-hydrogen) atoms. The van der Waals surface area contributed by atoms with E-state index in [9.17, 15) is 4.39 Å². The number of piperazine rings is 1. The van der Waals surface area contributed by atoms with E-state index in [0.717, 1.165) is 39.0 Å². The van der Waals surface area contributed by atoms with E-state index in [1.165, 1.54) is 0 Å². The number of hydrogen-bond acceptors (Lipinski definition) is 2. The highest BCUT2D eigenvalue weighted by molar-refractivity contribution is 4.84. The number of alkyl halides is 1. The predicted octanol–water partition coefficient (Wildman–Crippen LogP) is 0.640. The van der Waals surface area contributed by atoms with E-state index in [2.05, 4.69) is 10.2 Å². The highest BCUT2D eigenvalue weighted by Crippen LogP contribution is 2.34. The lowest BCUT2D eigenvalue weighted by Gasteiger charge is -2.28. The SMILES string of the molecule is FC(CN1CCNCC1)C1CC1. The molecule has 0 aromatic carbocycles. The Morgan fingerprint density at radius 1 is 1.33 bits per heavy atom. The maximum absolute atomic E-state index is 13.3. The van der Waals surface area contributed by atoms with Gasteiger partial charge in [-0.15, -0.1) is 0 Å². The third-order valence-corrected chi connectivity index (χ3v) is 2.78. The molecular formula is C9H17FN2. The van der Waals surface area contributed by atoms with Gasteiger partial charge < -0.3 is 5.32 Å². The normalized spacial score (nSPS) is 28.8. The lowest BCUT2D eigenvalue weighted by molar-refractivity contribution is 0.161. The first-order valence-electron chi connectivity index (χ1n) is 4.93. The van der Waals surface area contributed by atoms with Gasteiger partial charge in [0.2, 0.25) is 0 Å². The summed E-state index contributed by atoms with van der Waals surface area (Å²) in [5, 5.41) is 3.27. The number of halogens is 1. The van der Waals surface area contributed by atoms with Gasteiger partial charge in [0.25, 0.3) is 0 Å². The summed E-state index contributed by atoms with van der Waals surface area (Å²) in [4.78, 5) is 2.24. The lowest BCUT2D eigenvalue weighted by Crippen LogP contribution is -2.45. The Hall–Kier alpha value is -0.150. The summed E-state index contributed by atoms with van der Waals surface area (Å²) in [6, 6.07) is 0. The van der Waals surface area contributed by atoms with Crippen LogP contribution in [0.5, 0.6) is 0 Å². The van der Waals surface area contributed by atoms with Gasteiger partial charge in [-0.25, -0.2) is 4.39 Å². The summed E-state index contributed by atoms with van der Waals surface area (Å²) in [5.74, 6) is 0.403. The van der Waals surface area contributed by atoms with Crippen molar-refractivity contribution < 1.29 is 4.39 Å². The van der Waals surface area contributed by atoms with Gasteiger partial charge in [-0.3, -0.25) is 4.90 Å². The summed E-state index contributed by atoms with van der Waals surface area (Å²) >= 11 is 0. The van der Waals surface area contributed by atoms with Gasteiger partial charge >= 0.3 is 0 Å². The molecule has 1 N–H and O–H groups in total. The van der Waals surface area contributed by atoms with Crippen molar-refractivity contribution in [3.05, 3.63) is 0 Å². The number of rotatable bonds is 3. The Morgan fingerprint density at radius 3 is 2.58 bits per heavy atom. The van der Waals surface area contributed by atoms with Crippen molar-refractivity contribution in [3.63, 3.8) is 0 Å². The first-order valence-corrected chi connectivity index (χ1v) is 4.93. The van der Waals surface area contributed by atoms with E-state index in [0.29, 0.717) is 12.5 Å². The molecule has 0 aromatic rings. The van der Waals surface area contributed by atoms with E-state index in [4.69, 9.17) is 0 Å². The van der Waals surface area contributed by atoms with Gasteiger partial charge in [0.1, 0.15) is 6.17 Å². The van der Waals surface area contributed by atoms with Crippen LogP contribution in [0.1, 0.15) is 12.8 Å². The summed E-state index contributed by atoms with van der Waals surface area (Å²) in [6.45, 7) is 4.77. The van der Waals surface area contributed by atoms with E-state index in [-0.39, 0.29) is 0 Å². The van der Waals surface area contributed by atoms with Crippen molar-refractivity contribution in [2.45, 2.75) is 19.0 Å².